The number of carbonyl (C=O) groups excluding carboxylic acids is 1. The van der Waals surface area contributed by atoms with Crippen molar-refractivity contribution in [3.8, 4) is 22.6 Å². The number of hydrogen-bond donors (Lipinski definition) is 1. The number of hydrogen-bond acceptors (Lipinski definition) is 5. The first-order valence-corrected chi connectivity index (χ1v) is 11.3. The topological polar surface area (TPSA) is 85.8 Å². The van der Waals surface area contributed by atoms with E-state index in [0.717, 1.165) is 38.1 Å². The van der Waals surface area contributed by atoms with Gasteiger partial charge in [-0.15, -0.1) is 10.2 Å². The highest BCUT2D eigenvalue weighted by Gasteiger charge is 2.26. The van der Waals surface area contributed by atoms with Gasteiger partial charge in [0.1, 0.15) is 34.5 Å². The summed E-state index contributed by atoms with van der Waals surface area (Å²) in [4.78, 5) is 13.2. The lowest BCUT2D eigenvalue weighted by Gasteiger charge is -2.11. The molecule has 1 aliphatic rings. The number of carbonyl (C=O) groups is 1. The van der Waals surface area contributed by atoms with Gasteiger partial charge in [0.05, 0.1) is 16.3 Å². The van der Waals surface area contributed by atoms with Crippen LogP contribution in [-0.4, -0.2) is 25.8 Å². The third-order valence-corrected chi connectivity index (χ3v) is 6.19. The standard InChI is InChI=1S/C24H20ClF2N5O2/c1-13-20(22(31-34-13)21-15(25)6-5-7-17(21)27)24(33)28-18-12-14(9-10-16(18)26)23-30-29-19-8-3-2-4-11-32(19)23/h5-7,9-10,12H,2-4,8,11H2,1H3,(H,28,33). The highest BCUT2D eigenvalue weighted by molar-refractivity contribution is 6.33. The molecule has 0 fully saturated rings. The molecule has 0 unspecified atom stereocenters. The Morgan fingerprint density at radius 1 is 1.12 bits per heavy atom. The van der Waals surface area contributed by atoms with Crippen LogP contribution in [0.5, 0.6) is 0 Å². The van der Waals surface area contributed by atoms with Gasteiger partial charge in [-0.1, -0.05) is 29.2 Å². The smallest absolute Gasteiger partial charge is 0.261 e. The lowest BCUT2D eigenvalue weighted by atomic mass is 10.0. The highest BCUT2D eigenvalue weighted by Crippen LogP contribution is 2.34. The van der Waals surface area contributed by atoms with Gasteiger partial charge in [-0.25, -0.2) is 8.78 Å². The molecule has 1 N–H and O–H groups in total. The van der Waals surface area contributed by atoms with Crippen LogP contribution in [0.2, 0.25) is 5.02 Å². The monoisotopic (exact) mass is 483 g/mol. The molecule has 174 valence electrons. The van der Waals surface area contributed by atoms with E-state index in [1.165, 1.54) is 37.3 Å². The van der Waals surface area contributed by atoms with Crippen LogP contribution in [-0.2, 0) is 13.0 Å². The van der Waals surface area contributed by atoms with Crippen LogP contribution in [0.15, 0.2) is 40.9 Å². The van der Waals surface area contributed by atoms with Gasteiger partial charge in [-0.2, -0.15) is 0 Å². The Kier molecular flexibility index (Phi) is 5.87. The maximum atomic E-state index is 14.7. The summed E-state index contributed by atoms with van der Waals surface area (Å²) < 4.78 is 36.4. The van der Waals surface area contributed by atoms with Crippen molar-refractivity contribution in [3.63, 3.8) is 0 Å². The van der Waals surface area contributed by atoms with Crippen molar-refractivity contribution in [1.29, 1.82) is 0 Å². The zero-order valence-electron chi connectivity index (χ0n) is 18.2. The molecule has 1 aliphatic heterocycles. The fourth-order valence-electron chi connectivity index (χ4n) is 4.18. The Balaban J connectivity index is 1.50. The predicted molar refractivity (Wildman–Crippen MR) is 123 cm³/mol. The zero-order chi connectivity index (χ0) is 23.8. The number of nitrogens with one attached hydrogen (secondary N) is 1. The SMILES string of the molecule is Cc1onc(-c2c(F)cccc2Cl)c1C(=O)Nc1cc(-c2nnc3n2CCCCC3)ccc1F. The van der Waals surface area contributed by atoms with E-state index in [0.29, 0.717) is 11.4 Å². The fraction of sp³-hybridized carbons (Fsp3) is 0.250. The Morgan fingerprint density at radius 3 is 2.79 bits per heavy atom. The summed E-state index contributed by atoms with van der Waals surface area (Å²) in [6, 6.07) is 8.50. The number of benzene rings is 2. The number of aryl methyl sites for hydroxylation is 2. The molecule has 2 aromatic heterocycles. The summed E-state index contributed by atoms with van der Waals surface area (Å²) >= 11 is 6.15. The third-order valence-electron chi connectivity index (χ3n) is 5.87. The first-order valence-electron chi connectivity index (χ1n) is 10.9. The van der Waals surface area contributed by atoms with Crippen molar-refractivity contribution in [1.82, 2.24) is 19.9 Å². The first-order chi connectivity index (χ1) is 16.4. The van der Waals surface area contributed by atoms with Gasteiger partial charge in [0.15, 0.2) is 5.82 Å². The van der Waals surface area contributed by atoms with Crippen LogP contribution in [0, 0.1) is 18.6 Å². The Morgan fingerprint density at radius 2 is 1.97 bits per heavy atom. The fourth-order valence-corrected chi connectivity index (χ4v) is 4.43. The van der Waals surface area contributed by atoms with Gasteiger partial charge in [-0.05, 0) is 50.1 Å². The molecular formula is C24H20ClF2N5O2. The molecule has 4 aromatic rings. The van der Waals surface area contributed by atoms with Gasteiger partial charge >= 0.3 is 0 Å². The average Bonchev–Trinajstić information content (AvgIpc) is 3.30. The number of anilines is 1. The Hall–Kier alpha value is -3.59. The molecule has 10 heteroatoms. The van der Waals surface area contributed by atoms with Crippen molar-refractivity contribution in [2.45, 2.75) is 39.2 Å². The second-order valence-electron chi connectivity index (χ2n) is 8.11. The molecule has 0 saturated heterocycles. The van der Waals surface area contributed by atoms with Crippen molar-refractivity contribution in [2.24, 2.45) is 0 Å². The molecule has 0 atom stereocenters. The summed E-state index contributed by atoms with van der Waals surface area (Å²) in [5.41, 5.74) is 0.411. The van der Waals surface area contributed by atoms with E-state index in [2.05, 4.69) is 20.7 Å². The van der Waals surface area contributed by atoms with Crippen LogP contribution < -0.4 is 5.32 Å². The molecule has 0 bridgehead atoms. The van der Waals surface area contributed by atoms with E-state index < -0.39 is 17.5 Å². The van der Waals surface area contributed by atoms with Gasteiger partial charge in [0.25, 0.3) is 5.91 Å². The van der Waals surface area contributed by atoms with Crippen molar-refractivity contribution in [2.75, 3.05) is 5.32 Å². The number of nitrogens with zero attached hydrogens (tertiary/aromatic N) is 4. The van der Waals surface area contributed by atoms with Crippen molar-refractivity contribution < 1.29 is 18.1 Å². The van der Waals surface area contributed by atoms with Gasteiger partial charge in [-0.3, -0.25) is 4.79 Å². The van der Waals surface area contributed by atoms with Crippen LogP contribution in [0.25, 0.3) is 22.6 Å². The number of aromatic nitrogens is 4. The number of fused-ring (bicyclic) bond motifs is 1. The van der Waals surface area contributed by atoms with E-state index >= 15 is 0 Å². The molecule has 3 heterocycles. The summed E-state index contributed by atoms with van der Waals surface area (Å²) in [5.74, 6) is -0.334. The van der Waals surface area contributed by atoms with E-state index in [-0.39, 0.29) is 33.3 Å². The minimum absolute atomic E-state index is 0.0341. The van der Waals surface area contributed by atoms with E-state index in [4.69, 9.17) is 16.1 Å². The third kappa shape index (κ3) is 3.96. The lowest BCUT2D eigenvalue weighted by molar-refractivity contribution is 0.102. The largest absolute Gasteiger partial charge is 0.360 e. The van der Waals surface area contributed by atoms with Crippen LogP contribution in [0.1, 0.15) is 41.2 Å². The summed E-state index contributed by atoms with van der Waals surface area (Å²) in [5, 5.41) is 15.0. The molecule has 0 aliphatic carbocycles. The maximum Gasteiger partial charge on any atom is 0.261 e. The number of rotatable bonds is 4. The van der Waals surface area contributed by atoms with E-state index in [9.17, 15) is 13.6 Å². The number of amides is 1. The van der Waals surface area contributed by atoms with E-state index in [1.807, 2.05) is 4.57 Å². The Bertz CT molecular complexity index is 1380. The normalized spacial score (nSPS) is 13.4. The van der Waals surface area contributed by atoms with E-state index in [1.54, 1.807) is 6.07 Å². The molecule has 5 rings (SSSR count). The second kappa shape index (κ2) is 8.98. The summed E-state index contributed by atoms with van der Waals surface area (Å²) in [6.07, 6.45) is 4.01. The van der Waals surface area contributed by atoms with Crippen molar-refractivity contribution >= 4 is 23.2 Å². The van der Waals surface area contributed by atoms with Crippen molar-refractivity contribution in [3.05, 3.63) is 70.2 Å². The van der Waals surface area contributed by atoms with Gasteiger partial charge in [0.2, 0.25) is 0 Å². The Labute approximate surface area is 198 Å². The van der Waals surface area contributed by atoms with Crippen LogP contribution in [0.4, 0.5) is 14.5 Å². The zero-order valence-corrected chi connectivity index (χ0v) is 19.0. The minimum atomic E-state index is -0.704. The number of halogens is 3. The summed E-state index contributed by atoms with van der Waals surface area (Å²) in [7, 11) is 0. The quantitative estimate of drug-likeness (QED) is 0.395. The highest BCUT2D eigenvalue weighted by atomic mass is 35.5. The molecule has 0 spiro atoms. The molecule has 0 radical (unpaired) electrons. The predicted octanol–water partition coefficient (Wildman–Crippen LogP) is 5.82. The van der Waals surface area contributed by atoms with Crippen LogP contribution >= 0.6 is 11.6 Å². The van der Waals surface area contributed by atoms with Gasteiger partial charge < -0.3 is 14.4 Å². The molecular weight excluding hydrogens is 464 g/mol. The molecule has 2 aromatic carbocycles. The molecule has 7 nitrogen and oxygen atoms in total. The minimum Gasteiger partial charge on any atom is -0.360 e. The molecule has 1 amide bonds. The summed E-state index contributed by atoms with van der Waals surface area (Å²) in [6.45, 7) is 2.29. The first kappa shape index (κ1) is 22.2. The van der Waals surface area contributed by atoms with Crippen LogP contribution in [0.3, 0.4) is 0 Å². The second-order valence-corrected chi connectivity index (χ2v) is 8.52. The lowest BCUT2D eigenvalue weighted by Crippen LogP contribution is -2.15. The molecule has 0 saturated carbocycles. The van der Waals surface area contributed by atoms with Gasteiger partial charge in [0, 0.05) is 18.5 Å². The molecule has 34 heavy (non-hydrogen) atoms. The average molecular weight is 484 g/mol. The maximum absolute atomic E-state index is 14.7.